The molecule has 2 unspecified atom stereocenters. The third kappa shape index (κ3) is 16.4. The fraction of sp³-hybridized carbons (Fsp3) is 0.933. The number of unbranched alkanes of at least 4 members (excludes halogenated alkanes) is 14. The molecule has 0 saturated carbocycles. The fourth-order valence-corrected chi connectivity index (χ4v) is 5.69. The number of carboxylic acid groups (broad SMARTS) is 2. The Hall–Kier alpha value is -0.701. The molecular formula is C30H56CuN2O6. The van der Waals surface area contributed by atoms with Gasteiger partial charge in [0.25, 0.3) is 0 Å². The predicted molar refractivity (Wildman–Crippen MR) is 147 cm³/mol. The number of carbonyl (C=O) groups excluding carboxylic acids is 2. The van der Waals surface area contributed by atoms with Crippen molar-refractivity contribution in [3.8, 4) is 0 Å². The maximum absolute atomic E-state index is 10.9. The standard InChI is InChI=1S/2C15H29NO3.Cu/c2*1-2-3-4-5-6-7-8-9-11-16-12-10-13(17)14(16)15(18)19;/h2*13-14,17H,2-12H2,1H3,(H,18,19);/q;;+2/p-2/t2*13?,14-;/m00./s1. The number of aliphatic hydroxyl groups excluding tert-OH is 2. The van der Waals surface area contributed by atoms with Gasteiger partial charge in [-0.25, -0.2) is 0 Å². The first-order valence-electron chi connectivity index (χ1n) is 15.6. The summed E-state index contributed by atoms with van der Waals surface area (Å²) < 4.78 is 0. The van der Waals surface area contributed by atoms with E-state index in [4.69, 9.17) is 0 Å². The van der Waals surface area contributed by atoms with Gasteiger partial charge in [0.15, 0.2) is 0 Å². The van der Waals surface area contributed by atoms with Gasteiger partial charge in [0.1, 0.15) is 0 Å². The summed E-state index contributed by atoms with van der Waals surface area (Å²) in [5.74, 6) is -2.27. The summed E-state index contributed by atoms with van der Waals surface area (Å²) in [5, 5.41) is 41.1. The Morgan fingerprint density at radius 3 is 1.15 bits per heavy atom. The van der Waals surface area contributed by atoms with Crippen LogP contribution in [0.4, 0.5) is 0 Å². The quantitative estimate of drug-likeness (QED) is 0.161. The van der Waals surface area contributed by atoms with Crippen LogP contribution in [0, 0.1) is 0 Å². The van der Waals surface area contributed by atoms with Crippen molar-refractivity contribution in [2.45, 2.75) is 154 Å². The number of carboxylic acids is 2. The number of rotatable bonds is 20. The second-order valence-electron chi connectivity index (χ2n) is 11.3. The van der Waals surface area contributed by atoms with Gasteiger partial charge in [0.2, 0.25) is 0 Å². The molecule has 0 bridgehead atoms. The van der Waals surface area contributed by atoms with Crippen molar-refractivity contribution in [1.82, 2.24) is 9.80 Å². The van der Waals surface area contributed by atoms with Gasteiger partial charge in [-0.15, -0.1) is 0 Å². The Labute approximate surface area is 248 Å². The molecule has 4 atom stereocenters. The molecule has 2 aliphatic heterocycles. The maximum Gasteiger partial charge on any atom is 2.00 e. The van der Waals surface area contributed by atoms with Gasteiger partial charge in [-0.1, -0.05) is 104 Å². The largest absolute Gasteiger partial charge is 2.00 e. The first-order chi connectivity index (χ1) is 18.3. The Bertz CT molecular complexity index is 574. The van der Waals surface area contributed by atoms with Crippen molar-refractivity contribution in [3.05, 3.63) is 0 Å². The van der Waals surface area contributed by atoms with Crippen molar-refractivity contribution in [1.29, 1.82) is 0 Å². The molecule has 0 aromatic heterocycles. The van der Waals surface area contributed by atoms with Crippen LogP contribution in [-0.2, 0) is 26.7 Å². The molecule has 233 valence electrons. The topological polar surface area (TPSA) is 127 Å². The van der Waals surface area contributed by atoms with Crippen LogP contribution in [0.2, 0.25) is 0 Å². The average molecular weight is 604 g/mol. The number of aliphatic hydroxyl groups is 2. The molecule has 2 N–H and O–H groups in total. The summed E-state index contributed by atoms with van der Waals surface area (Å²) in [4.78, 5) is 25.6. The number of aliphatic carboxylic acids is 2. The Balaban J connectivity index is 0.000000722. The molecule has 2 fully saturated rings. The molecule has 0 amide bonds. The molecule has 2 saturated heterocycles. The van der Waals surface area contributed by atoms with Crippen LogP contribution in [0.1, 0.15) is 129 Å². The number of hydrogen-bond donors (Lipinski definition) is 2. The fourth-order valence-electron chi connectivity index (χ4n) is 5.69. The summed E-state index contributed by atoms with van der Waals surface area (Å²) in [5.41, 5.74) is 0. The molecule has 0 aliphatic carbocycles. The van der Waals surface area contributed by atoms with E-state index < -0.39 is 36.2 Å². The zero-order valence-corrected chi connectivity index (χ0v) is 25.5. The van der Waals surface area contributed by atoms with Gasteiger partial charge >= 0.3 is 17.1 Å². The van der Waals surface area contributed by atoms with Crippen molar-refractivity contribution in [3.63, 3.8) is 0 Å². The Morgan fingerprint density at radius 2 is 0.872 bits per heavy atom. The zero-order valence-electron chi connectivity index (χ0n) is 24.6. The van der Waals surface area contributed by atoms with E-state index in [1.807, 2.05) is 9.80 Å². The van der Waals surface area contributed by atoms with E-state index in [-0.39, 0.29) is 17.1 Å². The van der Waals surface area contributed by atoms with Crippen LogP contribution < -0.4 is 10.2 Å². The van der Waals surface area contributed by atoms with E-state index in [1.165, 1.54) is 77.0 Å². The van der Waals surface area contributed by atoms with Gasteiger partial charge in [-0.2, -0.15) is 0 Å². The minimum Gasteiger partial charge on any atom is -0.548 e. The third-order valence-electron chi connectivity index (χ3n) is 8.02. The van der Waals surface area contributed by atoms with Gasteiger partial charge in [-0.3, -0.25) is 9.80 Å². The van der Waals surface area contributed by atoms with Crippen LogP contribution in [0.5, 0.6) is 0 Å². The van der Waals surface area contributed by atoms with Crippen molar-refractivity contribution < 1.29 is 47.1 Å². The summed E-state index contributed by atoms with van der Waals surface area (Å²) in [6.45, 7) is 7.33. The molecular weight excluding hydrogens is 548 g/mol. The summed E-state index contributed by atoms with van der Waals surface area (Å²) in [6.07, 6.45) is 19.5. The maximum atomic E-state index is 10.9. The minimum atomic E-state index is -1.13. The summed E-state index contributed by atoms with van der Waals surface area (Å²) >= 11 is 0. The second kappa shape index (κ2) is 24.0. The number of hydrogen-bond acceptors (Lipinski definition) is 8. The van der Waals surface area contributed by atoms with E-state index >= 15 is 0 Å². The smallest absolute Gasteiger partial charge is 0.548 e. The summed E-state index contributed by atoms with van der Waals surface area (Å²) in [7, 11) is 0. The van der Waals surface area contributed by atoms with Crippen LogP contribution in [-0.4, -0.2) is 82.4 Å². The zero-order chi connectivity index (χ0) is 28.2. The van der Waals surface area contributed by atoms with Crippen LogP contribution in [0.15, 0.2) is 0 Å². The van der Waals surface area contributed by atoms with Crippen molar-refractivity contribution >= 4 is 11.9 Å². The third-order valence-corrected chi connectivity index (χ3v) is 8.02. The Morgan fingerprint density at radius 1 is 0.590 bits per heavy atom. The first-order valence-corrected chi connectivity index (χ1v) is 15.6. The van der Waals surface area contributed by atoms with Gasteiger partial charge in [0.05, 0.1) is 36.2 Å². The number of carbonyl (C=O) groups is 2. The average Bonchev–Trinajstić information content (AvgIpc) is 3.44. The van der Waals surface area contributed by atoms with Crippen LogP contribution in [0.3, 0.4) is 0 Å². The molecule has 2 aliphatic rings. The van der Waals surface area contributed by atoms with Crippen molar-refractivity contribution in [2.75, 3.05) is 26.2 Å². The molecule has 0 aromatic rings. The summed E-state index contributed by atoms with van der Waals surface area (Å²) in [6, 6.07) is -1.57. The van der Waals surface area contributed by atoms with Gasteiger partial charge < -0.3 is 30.0 Å². The molecule has 9 heteroatoms. The van der Waals surface area contributed by atoms with Gasteiger partial charge in [0, 0.05) is 13.1 Å². The SMILES string of the molecule is CCCCCCCCCCN1CCC(O)[C@H]1C(=O)[O-].CCCCCCCCCCN1CCC(O)[C@H]1C(=O)[O-].[Cu+2]. The number of likely N-dealkylation sites (tertiary alicyclic amines) is 2. The molecule has 1 radical (unpaired) electrons. The van der Waals surface area contributed by atoms with E-state index in [0.717, 1.165) is 38.8 Å². The first kappa shape index (κ1) is 38.3. The Kier molecular flexibility index (Phi) is 23.5. The molecule has 0 spiro atoms. The predicted octanol–water partition coefficient (Wildman–Crippen LogP) is 2.62. The van der Waals surface area contributed by atoms with Gasteiger partial charge in [-0.05, 0) is 38.8 Å². The molecule has 39 heavy (non-hydrogen) atoms. The van der Waals surface area contributed by atoms with E-state index in [1.54, 1.807) is 0 Å². The van der Waals surface area contributed by atoms with Crippen LogP contribution >= 0.6 is 0 Å². The number of nitrogens with zero attached hydrogens (tertiary/aromatic N) is 2. The van der Waals surface area contributed by atoms with Crippen molar-refractivity contribution in [2.24, 2.45) is 0 Å². The molecule has 2 rings (SSSR count). The molecule has 2 heterocycles. The van der Waals surface area contributed by atoms with E-state index in [0.29, 0.717) is 25.9 Å². The monoisotopic (exact) mass is 603 g/mol. The second-order valence-corrected chi connectivity index (χ2v) is 11.3. The van der Waals surface area contributed by atoms with E-state index in [9.17, 15) is 30.0 Å². The molecule has 8 nitrogen and oxygen atoms in total. The molecule has 0 aromatic carbocycles. The normalized spacial score (nSPS) is 23.3. The minimum absolute atomic E-state index is 0. The van der Waals surface area contributed by atoms with E-state index in [2.05, 4.69) is 13.8 Å². The van der Waals surface area contributed by atoms with Crippen LogP contribution in [0.25, 0.3) is 0 Å².